The third-order valence-electron chi connectivity index (χ3n) is 5.44. The molecule has 2 aromatic carbocycles. The largest absolute Gasteiger partial charge is 0.462 e. The van der Waals surface area contributed by atoms with E-state index in [1.54, 1.807) is 37.3 Å². The zero-order valence-corrected chi connectivity index (χ0v) is 19.3. The number of hydrogen-bond donors (Lipinski definition) is 1. The van der Waals surface area contributed by atoms with Gasteiger partial charge < -0.3 is 10.1 Å². The van der Waals surface area contributed by atoms with Crippen LogP contribution in [0.25, 0.3) is 5.70 Å². The molecule has 36 heavy (non-hydrogen) atoms. The Kier molecular flexibility index (Phi) is 6.65. The van der Waals surface area contributed by atoms with Crippen molar-refractivity contribution in [1.82, 2.24) is 9.78 Å². The summed E-state index contributed by atoms with van der Waals surface area (Å²) in [5.74, 6) is -1.35. The molecule has 186 valence electrons. The number of amides is 2. The van der Waals surface area contributed by atoms with Crippen molar-refractivity contribution in [2.75, 3.05) is 23.4 Å². The lowest BCUT2D eigenvalue weighted by atomic mass is 10.1. The first-order valence-corrected chi connectivity index (χ1v) is 10.9. The van der Waals surface area contributed by atoms with Crippen molar-refractivity contribution in [2.45, 2.75) is 20.0 Å². The molecule has 8 nitrogen and oxygen atoms in total. The highest BCUT2D eigenvalue weighted by Crippen LogP contribution is 2.33. The smallest absolute Gasteiger partial charge is 0.416 e. The number of alkyl halides is 3. The molecule has 1 aliphatic rings. The van der Waals surface area contributed by atoms with Crippen LogP contribution in [0.5, 0.6) is 0 Å². The summed E-state index contributed by atoms with van der Waals surface area (Å²) in [5, 5.41) is 6.89. The Morgan fingerprint density at radius 1 is 1.11 bits per heavy atom. The highest BCUT2D eigenvalue weighted by Gasteiger charge is 2.32. The average Bonchev–Trinajstić information content (AvgIpc) is 3.28. The first kappa shape index (κ1) is 24.7. The molecule has 3 aromatic rings. The van der Waals surface area contributed by atoms with Crippen LogP contribution in [0.4, 0.5) is 24.7 Å². The molecule has 0 aliphatic carbocycles. The monoisotopic (exact) mass is 498 g/mol. The van der Waals surface area contributed by atoms with E-state index >= 15 is 0 Å². The van der Waals surface area contributed by atoms with Gasteiger partial charge in [0.2, 0.25) is 5.91 Å². The molecule has 4 rings (SSSR count). The van der Waals surface area contributed by atoms with Crippen molar-refractivity contribution >= 4 is 35.0 Å². The minimum absolute atomic E-state index is 0.131. The zero-order valence-electron chi connectivity index (χ0n) is 19.3. The Hall–Kier alpha value is -4.41. The van der Waals surface area contributed by atoms with E-state index in [2.05, 4.69) is 10.4 Å². The fourth-order valence-corrected chi connectivity index (χ4v) is 3.80. The van der Waals surface area contributed by atoms with Gasteiger partial charge in [0.1, 0.15) is 5.56 Å². The molecule has 0 fully saturated rings. The molecule has 2 heterocycles. The first-order valence-electron chi connectivity index (χ1n) is 10.9. The molecule has 0 radical (unpaired) electrons. The van der Waals surface area contributed by atoms with Gasteiger partial charge in [-0.1, -0.05) is 18.2 Å². The molecular weight excluding hydrogens is 477 g/mol. The zero-order chi connectivity index (χ0) is 26.0. The Morgan fingerprint density at radius 3 is 2.56 bits per heavy atom. The number of anilines is 2. The summed E-state index contributed by atoms with van der Waals surface area (Å²) in [7, 11) is 0. The Morgan fingerprint density at radius 2 is 1.86 bits per heavy atom. The fraction of sp³-hybridized carbons (Fsp3) is 0.200. The number of nitrogens with zero attached hydrogens (tertiary/aromatic N) is 3. The number of fused-ring (bicyclic) bond motifs is 1. The van der Waals surface area contributed by atoms with E-state index in [4.69, 9.17) is 4.74 Å². The fourth-order valence-electron chi connectivity index (χ4n) is 3.80. The Labute approximate surface area is 204 Å². The van der Waals surface area contributed by atoms with Crippen molar-refractivity contribution < 1.29 is 32.3 Å². The highest BCUT2D eigenvalue weighted by atomic mass is 19.4. The standard InChI is InChI=1S/C25H21F3N4O4/c1-3-36-24(35)20-14-29-32-21(10-11-31(15(2)33)23(20)32)16-6-5-9-19(13-16)30-22(34)17-7-4-8-18(12-17)25(26,27)28/h4-10,12-14H,3,11H2,1-2H3,(H,30,34). The number of ether oxygens (including phenoxy) is 1. The predicted octanol–water partition coefficient (Wildman–Crippen LogP) is 4.59. The second-order valence-electron chi connectivity index (χ2n) is 7.85. The van der Waals surface area contributed by atoms with Crippen LogP contribution < -0.4 is 10.2 Å². The summed E-state index contributed by atoms with van der Waals surface area (Å²) in [4.78, 5) is 38.7. The summed E-state index contributed by atoms with van der Waals surface area (Å²) >= 11 is 0. The van der Waals surface area contributed by atoms with Crippen LogP contribution in [0.15, 0.2) is 60.8 Å². The van der Waals surface area contributed by atoms with Gasteiger partial charge in [0, 0.05) is 30.3 Å². The number of nitrogens with one attached hydrogen (secondary N) is 1. The van der Waals surface area contributed by atoms with Crippen LogP contribution in [-0.4, -0.2) is 40.7 Å². The topological polar surface area (TPSA) is 93.5 Å². The van der Waals surface area contributed by atoms with Crippen molar-refractivity contribution in [2.24, 2.45) is 0 Å². The molecular formula is C25H21F3N4O4. The summed E-state index contributed by atoms with van der Waals surface area (Å²) in [6.45, 7) is 3.36. The molecule has 11 heteroatoms. The maximum atomic E-state index is 13.0. The van der Waals surface area contributed by atoms with E-state index in [-0.39, 0.29) is 36.0 Å². The van der Waals surface area contributed by atoms with Crippen LogP contribution in [0.3, 0.4) is 0 Å². The van der Waals surface area contributed by atoms with Gasteiger partial charge in [0.15, 0.2) is 5.82 Å². The maximum Gasteiger partial charge on any atom is 0.416 e. The van der Waals surface area contributed by atoms with E-state index < -0.39 is 23.6 Å². The molecule has 0 saturated carbocycles. The molecule has 0 saturated heterocycles. The molecule has 1 aromatic heterocycles. The number of carbonyl (C=O) groups is 3. The van der Waals surface area contributed by atoms with E-state index in [0.29, 0.717) is 16.9 Å². The quantitative estimate of drug-likeness (QED) is 0.520. The number of rotatable bonds is 5. The van der Waals surface area contributed by atoms with Crippen molar-refractivity contribution in [3.05, 3.63) is 83.1 Å². The molecule has 0 unspecified atom stereocenters. The van der Waals surface area contributed by atoms with Crippen molar-refractivity contribution in [3.8, 4) is 0 Å². The molecule has 0 spiro atoms. The van der Waals surface area contributed by atoms with Gasteiger partial charge in [0.05, 0.1) is 24.1 Å². The lowest BCUT2D eigenvalue weighted by Crippen LogP contribution is -2.35. The van der Waals surface area contributed by atoms with E-state index in [0.717, 1.165) is 12.1 Å². The van der Waals surface area contributed by atoms with Crippen LogP contribution in [0.1, 0.15) is 45.7 Å². The SMILES string of the molecule is CCOC(=O)c1cnn2c1N(C(C)=O)CC=C2c1cccc(NC(=O)c2cccc(C(F)(F)F)c2)c1. The third kappa shape index (κ3) is 4.85. The number of carbonyl (C=O) groups excluding carboxylic acids is 3. The lowest BCUT2D eigenvalue weighted by Gasteiger charge is -2.27. The molecule has 0 bridgehead atoms. The number of aromatic nitrogens is 2. The third-order valence-corrected chi connectivity index (χ3v) is 5.44. The molecule has 2 amide bonds. The molecule has 0 atom stereocenters. The molecule has 1 aliphatic heterocycles. The summed E-state index contributed by atoms with van der Waals surface area (Å²) in [6.07, 6.45) is -1.51. The van der Waals surface area contributed by atoms with Crippen LogP contribution in [0, 0.1) is 0 Å². The first-order chi connectivity index (χ1) is 17.1. The predicted molar refractivity (Wildman–Crippen MR) is 125 cm³/mol. The van der Waals surface area contributed by atoms with Crippen LogP contribution in [0.2, 0.25) is 0 Å². The highest BCUT2D eigenvalue weighted by molar-refractivity contribution is 6.05. The summed E-state index contributed by atoms with van der Waals surface area (Å²) in [5.41, 5.74) is 0.552. The van der Waals surface area contributed by atoms with Crippen LogP contribution in [-0.2, 0) is 15.7 Å². The number of esters is 1. The average molecular weight is 498 g/mol. The minimum atomic E-state index is -4.57. The minimum Gasteiger partial charge on any atom is -0.462 e. The maximum absolute atomic E-state index is 13.0. The van der Waals surface area contributed by atoms with Gasteiger partial charge in [-0.25, -0.2) is 9.48 Å². The van der Waals surface area contributed by atoms with Gasteiger partial charge >= 0.3 is 12.1 Å². The number of hydrogen-bond acceptors (Lipinski definition) is 5. The Balaban J connectivity index is 1.65. The second-order valence-corrected chi connectivity index (χ2v) is 7.85. The Bertz CT molecular complexity index is 1380. The lowest BCUT2D eigenvalue weighted by molar-refractivity contribution is -0.137. The van der Waals surface area contributed by atoms with E-state index in [9.17, 15) is 27.6 Å². The summed E-state index contributed by atoms with van der Waals surface area (Å²) < 4.78 is 45.6. The number of halogens is 3. The normalized spacial score (nSPS) is 13.0. The van der Waals surface area contributed by atoms with Gasteiger partial charge in [-0.3, -0.25) is 14.5 Å². The van der Waals surface area contributed by atoms with Crippen molar-refractivity contribution in [3.63, 3.8) is 0 Å². The van der Waals surface area contributed by atoms with Gasteiger partial charge in [-0.2, -0.15) is 18.3 Å². The summed E-state index contributed by atoms with van der Waals surface area (Å²) in [6, 6.07) is 10.7. The van der Waals surface area contributed by atoms with Gasteiger partial charge in [-0.15, -0.1) is 0 Å². The van der Waals surface area contributed by atoms with Crippen molar-refractivity contribution in [1.29, 1.82) is 0 Å². The second kappa shape index (κ2) is 9.68. The van der Waals surface area contributed by atoms with Gasteiger partial charge in [-0.05, 0) is 43.3 Å². The van der Waals surface area contributed by atoms with E-state index in [1.807, 2.05) is 0 Å². The van der Waals surface area contributed by atoms with Crippen LogP contribution >= 0.6 is 0 Å². The van der Waals surface area contributed by atoms with Gasteiger partial charge in [0.25, 0.3) is 5.91 Å². The van der Waals surface area contributed by atoms with E-state index in [1.165, 1.54) is 34.8 Å². The molecule has 1 N–H and O–H groups in total. The number of benzene rings is 2.